The zero-order valence-corrected chi connectivity index (χ0v) is 15.0. The van der Waals surface area contributed by atoms with Crippen LogP contribution in [-0.2, 0) is 13.0 Å². The fourth-order valence-corrected chi connectivity index (χ4v) is 3.70. The summed E-state index contributed by atoms with van der Waals surface area (Å²) in [6.45, 7) is 3.24. The van der Waals surface area contributed by atoms with Gasteiger partial charge in [0.15, 0.2) is 0 Å². The summed E-state index contributed by atoms with van der Waals surface area (Å²) in [5, 5.41) is 16.6. The third kappa shape index (κ3) is 3.06. The van der Waals surface area contributed by atoms with Crippen LogP contribution in [0.25, 0.3) is 21.8 Å². The highest BCUT2D eigenvalue weighted by Crippen LogP contribution is 2.28. The molecule has 26 heavy (non-hydrogen) atoms. The van der Waals surface area contributed by atoms with Crippen molar-refractivity contribution in [1.82, 2.24) is 4.57 Å². The fraction of sp³-hybridized carbons (Fsp3) is 0.217. The lowest BCUT2D eigenvalue weighted by Gasteiger charge is -2.17. The summed E-state index contributed by atoms with van der Waals surface area (Å²) in [5.74, 6) is 0. The van der Waals surface area contributed by atoms with Gasteiger partial charge in [0.05, 0.1) is 12.6 Å². The number of benzene rings is 3. The molecule has 4 rings (SSSR count). The van der Waals surface area contributed by atoms with Crippen LogP contribution >= 0.6 is 0 Å². The van der Waals surface area contributed by atoms with Crippen LogP contribution in [0.5, 0.6) is 0 Å². The number of para-hydroxylation sites is 3. The number of anilines is 1. The molecule has 0 aliphatic rings. The molecule has 0 amide bonds. The lowest BCUT2D eigenvalue weighted by Crippen LogP contribution is -2.25. The van der Waals surface area contributed by atoms with Crippen molar-refractivity contribution in [3.05, 3.63) is 78.4 Å². The topological polar surface area (TPSA) is 37.2 Å². The highest BCUT2D eigenvalue weighted by molar-refractivity contribution is 6.07. The van der Waals surface area contributed by atoms with E-state index in [0.29, 0.717) is 13.1 Å². The second-order valence-corrected chi connectivity index (χ2v) is 6.69. The SMILES string of the molecule is CCc1ccccc1NC[C@@H](O)Cn1c2ccccc2c2ccccc21. The van der Waals surface area contributed by atoms with Crippen LogP contribution in [0, 0.1) is 0 Å². The van der Waals surface area contributed by atoms with Crippen molar-refractivity contribution in [2.75, 3.05) is 11.9 Å². The highest BCUT2D eigenvalue weighted by atomic mass is 16.3. The summed E-state index contributed by atoms with van der Waals surface area (Å²) in [6, 6.07) is 25.1. The quantitative estimate of drug-likeness (QED) is 0.526. The Labute approximate surface area is 153 Å². The molecule has 2 N–H and O–H groups in total. The molecule has 0 aliphatic heterocycles. The smallest absolute Gasteiger partial charge is 0.0891 e. The summed E-state index contributed by atoms with van der Waals surface area (Å²) in [6.07, 6.45) is 0.505. The lowest BCUT2D eigenvalue weighted by atomic mass is 10.1. The molecular formula is C23H24N2O. The maximum Gasteiger partial charge on any atom is 0.0891 e. The van der Waals surface area contributed by atoms with Crippen molar-refractivity contribution in [3.8, 4) is 0 Å². The first-order chi connectivity index (χ1) is 12.8. The van der Waals surface area contributed by atoms with Crippen LogP contribution in [0.3, 0.4) is 0 Å². The monoisotopic (exact) mass is 344 g/mol. The molecule has 0 fully saturated rings. The number of hydrogen-bond donors (Lipinski definition) is 2. The van der Waals surface area contributed by atoms with E-state index in [1.54, 1.807) is 0 Å². The van der Waals surface area contributed by atoms with E-state index < -0.39 is 6.10 Å². The van der Waals surface area contributed by atoms with Gasteiger partial charge >= 0.3 is 0 Å². The number of nitrogens with one attached hydrogen (secondary N) is 1. The van der Waals surface area contributed by atoms with Gasteiger partial charge in [0, 0.05) is 34.0 Å². The molecule has 0 saturated heterocycles. The number of fused-ring (bicyclic) bond motifs is 3. The van der Waals surface area contributed by atoms with Gasteiger partial charge < -0.3 is 15.0 Å². The molecule has 0 bridgehead atoms. The Morgan fingerprint density at radius 3 is 2.08 bits per heavy atom. The highest BCUT2D eigenvalue weighted by Gasteiger charge is 2.13. The van der Waals surface area contributed by atoms with Crippen molar-refractivity contribution in [1.29, 1.82) is 0 Å². The molecule has 1 aromatic heterocycles. The second-order valence-electron chi connectivity index (χ2n) is 6.69. The maximum atomic E-state index is 10.7. The number of aliphatic hydroxyl groups excluding tert-OH is 1. The molecule has 3 nitrogen and oxygen atoms in total. The molecule has 0 aliphatic carbocycles. The average Bonchev–Trinajstić information content (AvgIpc) is 3.01. The van der Waals surface area contributed by atoms with E-state index in [4.69, 9.17) is 0 Å². The van der Waals surface area contributed by atoms with Crippen molar-refractivity contribution >= 4 is 27.5 Å². The third-order valence-electron chi connectivity index (χ3n) is 5.00. The van der Waals surface area contributed by atoms with Gasteiger partial charge in [-0.25, -0.2) is 0 Å². The zero-order valence-electron chi connectivity index (χ0n) is 15.0. The van der Waals surface area contributed by atoms with Crippen LogP contribution in [0.2, 0.25) is 0 Å². The van der Waals surface area contributed by atoms with E-state index in [1.807, 2.05) is 6.07 Å². The van der Waals surface area contributed by atoms with Gasteiger partial charge in [-0.3, -0.25) is 0 Å². The molecular weight excluding hydrogens is 320 g/mol. The van der Waals surface area contributed by atoms with Crippen LogP contribution in [0.1, 0.15) is 12.5 Å². The molecule has 0 radical (unpaired) electrons. The van der Waals surface area contributed by atoms with E-state index in [2.05, 4.69) is 83.5 Å². The van der Waals surface area contributed by atoms with E-state index in [-0.39, 0.29) is 0 Å². The summed E-state index contributed by atoms with van der Waals surface area (Å²) >= 11 is 0. The average molecular weight is 344 g/mol. The molecule has 3 aromatic carbocycles. The normalized spacial score (nSPS) is 12.5. The van der Waals surface area contributed by atoms with Crippen LogP contribution < -0.4 is 5.32 Å². The second kappa shape index (κ2) is 7.22. The first kappa shape index (κ1) is 16.7. The minimum Gasteiger partial charge on any atom is -0.389 e. The number of aromatic nitrogens is 1. The molecule has 0 spiro atoms. The Bertz CT molecular complexity index is 981. The van der Waals surface area contributed by atoms with E-state index in [9.17, 15) is 5.11 Å². The van der Waals surface area contributed by atoms with Crippen molar-refractivity contribution in [2.45, 2.75) is 26.0 Å². The molecule has 0 unspecified atom stereocenters. The summed E-state index contributed by atoms with van der Waals surface area (Å²) in [5.41, 5.74) is 4.72. The van der Waals surface area contributed by atoms with Gasteiger partial charge in [0.2, 0.25) is 0 Å². The Morgan fingerprint density at radius 2 is 1.42 bits per heavy atom. The number of hydrogen-bond acceptors (Lipinski definition) is 2. The Hall–Kier alpha value is -2.78. The van der Waals surface area contributed by atoms with E-state index >= 15 is 0 Å². The Balaban J connectivity index is 1.58. The molecule has 0 saturated carbocycles. The van der Waals surface area contributed by atoms with Crippen molar-refractivity contribution in [3.63, 3.8) is 0 Å². The molecule has 1 heterocycles. The molecule has 4 aromatic rings. The van der Waals surface area contributed by atoms with Gasteiger partial charge in [-0.05, 0) is 30.2 Å². The first-order valence-electron chi connectivity index (χ1n) is 9.23. The van der Waals surface area contributed by atoms with Gasteiger partial charge in [-0.1, -0.05) is 61.5 Å². The lowest BCUT2D eigenvalue weighted by molar-refractivity contribution is 0.169. The molecule has 3 heteroatoms. The minimum absolute atomic E-state index is 0.473. The number of nitrogens with zero attached hydrogens (tertiary/aromatic N) is 1. The van der Waals surface area contributed by atoms with Gasteiger partial charge in [0.25, 0.3) is 0 Å². The zero-order chi connectivity index (χ0) is 17.9. The van der Waals surface area contributed by atoms with E-state index in [1.165, 1.54) is 27.4 Å². The largest absolute Gasteiger partial charge is 0.389 e. The van der Waals surface area contributed by atoms with E-state index in [0.717, 1.165) is 12.1 Å². The Kier molecular flexibility index (Phi) is 4.63. The Morgan fingerprint density at radius 1 is 0.846 bits per heavy atom. The van der Waals surface area contributed by atoms with Crippen molar-refractivity contribution in [2.24, 2.45) is 0 Å². The summed E-state index contributed by atoms with van der Waals surface area (Å²) < 4.78 is 2.22. The van der Waals surface area contributed by atoms with Crippen LogP contribution in [0.4, 0.5) is 5.69 Å². The first-order valence-corrected chi connectivity index (χ1v) is 9.23. The van der Waals surface area contributed by atoms with Crippen LogP contribution in [-0.4, -0.2) is 22.3 Å². The molecule has 1 atom stereocenters. The number of rotatable bonds is 6. The predicted octanol–water partition coefficient (Wildman–Crippen LogP) is 4.83. The summed E-state index contributed by atoms with van der Waals surface area (Å²) in [7, 11) is 0. The van der Waals surface area contributed by atoms with Crippen molar-refractivity contribution < 1.29 is 5.11 Å². The number of aryl methyl sites for hydroxylation is 1. The van der Waals surface area contributed by atoms with Gasteiger partial charge in [0.1, 0.15) is 0 Å². The van der Waals surface area contributed by atoms with Crippen LogP contribution in [0.15, 0.2) is 72.8 Å². The number of aliphatic hydroxyl groups is 1. The standard InChI is InChI=1S/C23H24N2O/c1-2-17-9-3-6-12-21(17)24-15-18(26)16-25-22-13-7-4-10-19(22)20-11-5-8-14-23(20)25/h3-14,18,24,26H,2,15-16H2,1H3/t18-/m1/s1. The molecule has 132 valence electrons. The summed E-state index contributed by atoms with van der Waals surface area (Å²) in [4.78, 5) is 0. The minimum atomic E-state index is -0.473. The predicted molar refractivity (Wildman–Crippen MR) is 110 cm³/mol. The third-order valence-corrected chi connectivity index (χ3v) is 5.00. The van der Waals surface area contributed by atoms with Gasteiger partial charge in [-0.2, -0.15) is 0 Å². The fourth-order valence-electron chi connectivity index (χ4n) is 3.70. The van der Waals surface area contributed by atoms with Gasteiger partial charge in [-0.15, -0.1) is 0 Å². The maximum absolute atomic E-state index is 10.7.